The third kappa shape index (κ3) is 3.88. The molecule has 1 aliphatic rings. The molecule has 0 bridgehead atoms. The van der Waals surface area contributed by atoms with Gasteiger partial charge in [0.2, 0.25) is 0 Å². The van der Waals surface area contributed by atoms with Crippen molar-refractivity contribution in [2.75, 3.05) is 26.7 Å². The smallest absolute Gasteiger partial charge is 0.257 e. The van der Waals surface area contributed by atoms with E-state index in [1.165, 1.54) is 5.56 Å². The molecular weight excluding hydrogens is 336 g/mol. The van der Waals surface area contributed by atoms with E-state index in [0.717, 1.165) is 44.4 Å². The first kappa shape index (κ1) is 17.7. The lowest BCUT2D eigenvalue weighted by Gasteiger charge is -2.37. The Morgan fingerprint density at radius 1 is 1.11 bits per heavy atom. The molecule has 5 nitrogen and oxygen atoms in total. The molecule has 1 aromatic carbocycles. The van der Waals surface area contributed by atoms with Crippen LogP contribution in [0.5, 0.6) is 0 Å². The number of hydrogen-bond acceptors (Lipinski definition) is 3. The van der Waals surface area contributed by atoms with Gasteiger partial charge in [0.05, 0.1) is 17.3 Å². The molecule has 0 saturated carbocycles. The first-order chi connectivity index (χ1) is 13.2. The summed E-state index contributed by atoms with van der Waals surface area (Å²) in [5.74, 6) is 0.0988. The summed E-state index contributed by atoms with van der Waals surface area (Å²) < 4.78 is 1.78. The summed E-state index contributed by atoms with van der Waals surface area (Å²) >= 11 is 0. The molecule has 1 amide bonds. The maximum absolute atomic E-state index is 13.5. The van der Waals surface area contributed by atoms with Gasteiger partial charge in [-0.15, -0.1) is 0 Å². The Balaban J connectivity index is 1.59. The first-order valence-electron chi connectivity index (χ1n) is 9.68. The summed E-state index contributed by atoms with van der Waals surface area (Å²) in [5.41, 5.74) is 2.84. The molecule has 27 heavy (non-hydrogen) atoms. The van der Waals surface area contributed by atoms with Crippen LogP contribution in [0, 0.1) is 0 Å². The normalized spacial score (nSPS) is 15.9. The number of fused-ring (bicyclic) bond motifs is 1. The highest BCUT2D eigenvalue weighted by molar-refractivity contribution is 6.00. The summed E-state index contributed by atoms with van der Waals surface area (Å²) in [4.78, 5) is 17.9. The molecule has 3 aromatic rings. The number of pyridine rings is 1. The van der Waals surface area contributed by atoms with Crippen LogP contribution in [0.15, 0.2) is 60.9 Å². The minimum atomic E-state index is 0.0988. The van der Waals surface area contributed by atoms with Crippen molar-refractivity contribution in [3.05, 3.63) is 72.1 Å². The zero-order valence-electron chi connectivity index (χ0n) is 15.8. The Bertz CT molecular complexity index is 897. The van der Waals surface area contributed by atoms with Crippen LogP contribution in [0.4, 0.5) is 0 Å². The molecule has 0 spiro atoms. The lowest BCUT2D eigenvalue weighted by Crippen LogP contribution is -2.47. The Hall–Kier alpha value is -2.66. The molecule has 0 unspecified atom stereocenters. The van der Waals surface area contributed by atoms with Gasteiger partial charge in [-0.25, -0.2) is 4.52 Å². The number of hydrogen-bond donors (Lipinski definition) is 0. The SMILES string of the molecule is CN1CCC(N(CCc2ccccc2)C(=O)c2cnn3ccccc23)CC1. The maximum atomic E-state index is 13.5. The fourth-order valence-electron chi connectivity index (χ4n) is 3.90. The van der Waals surface area contributed by atoms with Gasteiger partial charge in [-0.3, -0.25) is 4.79 Å². The van der Waals surface area contributed by atoms with Crippen LogP contribution >= 0.6 is 0 Å². The number of piperidine rings is 1. The minimum absolute atomic E-state index is 0.0988. The van der Waals surface area contributed by atoms with Crippen molar-refractivity contribution in [1.29, 1.82) is 0 Å². The molecule has 0 radical (unpaired) electrons. The predicted octanol–water partition coefficient (Wildman–Crippen LogP) is 3.11. The quantitative estimate of drug-likeness (QED) is 0.700. The molecule has 4 rings (SSSR count). The van der Waals surface area contributed by atoms with Crippen molar-refractivity contribution >= 4 is 11.4 Å². The van der Waals surface area contributed by atoms with Crippen LogP contribution < -0.4 is 0 Å². The minimum Gasteiger partial charge on any atom is -0.335 e. The molecule has 3 heterocycles. The molecule has 0 aliphatic carbocycles. The van der Waals surface area contributed by atoms with E-state index in [2.05, 4.69) is 46.2 Å². The van der Waals surface area contributed by atoms with Crippen molar-refractivity contribution in [2.45, 2.75) is 25.3 Å². The van der Waals surface area contributed by atoms with E-state index in [-0.39, 0.29) is 11.9 Å². The second kappa shape index (κ2) is 7.92. The summed E-state index contributed by atoms with van der Waals surface area (Å²) in [6.07, 6.45) is 6.52. The van der Waals surface area contributed by atoms with Crippen LogP contribution in [-0.4, -0.2) is 58.0 Å². The third-order valence-electron chi connectivity index (χ3n) is 5.53. The summed E-state index contributed by atoms with van der Waals surface area (Å²) in [7, 11) is 2.15. The fourth-order valence-corrected chi connectivity index (χ4v) is 3.90. The molecule has 1 saturated heterocycles. The molecule has 140 valence electrons. The van der Waals surface area contributed by atoms with Gasteiger partial charge in [0.15, 0.2) is 0 Å². The Morgan fingerprint density at radius 3 is 2.63 bits per heavy atom. The Morgan fingerprint density at radius 2 is 1.85 bits per heavy atom. The number of carbonyl (C=O) groups is 1. The number of aromatic nitrogens is 2. The zero-order chi connectivity index (χ0) is 18.6. The Labute approximate surface area is 160 Å². The van der Waals surface area contributed by atoms with E-state index >= 15 is 0 Å². The number of nitrogens with zero attached hydrogens (tertiary/aromatic N) is 4. The van der Waals surface area contributed by atoms with Gasteiger partial charge in [-0.05, 0) is 57.1 Å². The van der Waals surface area contributed by atoms with Gasteiger partial charge in [0, 0.05) is 18.8 Å². The molecule has 1 fully saturated rings. The number of benzene rings is 1. The number of rotatable bonds is 5. The summed E-state index contributed by atoms with van der Waals surface area (Å²) in [6.45, 7) is 2.81. The molecular formula is C22H26N4O. The van der Waals surface area contributed by atoms with E-state index < -0.39 is 0 Å². The van der Waals surface area contributed by atoms with Gasteiger partial charge in [-0.2, -0.15) is 5.10 Å². The van der Waals surface area contributed by atoms with E-state index in [1.54, 1.807) is 10.7 Å². The third-order valence-corrected chi connectivity index (χ3v) is 5.53. The highest BCUT2D eigenvalue weighted by Gasteiger charge is 2.29. The van der Waals surface area contributed by atoms with Crippen molar-refractivity contribution in [3.63, 3.8) is 0 Å². The van der Waals surface area contributed by atoms with Crippen molar-refractivity contribution < 1.29 is 4.79 Å². The average molecular weight is 362 g/mol. The second-order valence-corrected chi connectivity index (χ2v) is 7.36. The lowest BCUT2D eigenvalue weighted by atomic mass is 10.0. The fraction of sp³-hybridized carbons (Fsp3) is 0.364. The number of carbonyl (C=O) groups excluding carboxylic acids is 1. The van der Waals surface area contributed by atoms with E-state index in [9.17, 15) is 4.79 Å². The van der Waals surface area contributed by atoms with Gasteiger partial charge < -0.3 is 9.80 Å². The number of amides is 1. The van der Waals surface area contributed by atoms with E-state index in [4.69, 9.17) is 0 Å². The Kier molecular flexibility index (Phi) is 5.21. The largest absolute Gasteiger partial charge is 0.335 e. The van der Waals surface area contributed by atoms with Crippen LogP contribution in [0.2, 0.25) is 0 Å². The van der Waals surface area contributed by atoms with Crippen molar-refractivity contribution in [2.24, 2.45) is 0 Å². The monoisotopic (exact) mass is 362 g/mol. The first-order valence-corrected chi connectivity index (χ1v) is 9.68. The lowest BCUT2D eigenvalue weighted by molar-refractivity contribution is 0.0596. The molecule has 0 N–H and O–H groups in total. The van der Waals surface area contributed by atoms with E-state index in [0.29, 0.717) is 5.56 Å². The van der Waals surface area contributed by atoms with E-state index in [1.807, 2.05) is 30.5 Å². The average Bonchev–Trinajstić information content (AvgIpc) is 3.14. The maximum Gasteiger partial charge on any atom is 0.257 e. The number of likely N-dealkylation sites (tertiary alicyclic amines) is 1. The van der Waals surface area contributed by atoms with Crippen LogP contribution in [0.3, 0.4) is 0 Å². The van der Waals surface area contributed by atoms with Gasteiger partial charge in [0.25, 0.3) is 5.91 Å². The highest BCUT2D eigenvalue weighted by atomic mass is 16.2. The van der Waals surface area contributed by atoms with Gasteiger partial charge in [0.1, 0.15) is 0 Å². The molecule has 5 heteroatoms. The van der Waals surface area contributed by atoms with Gasteiger partial charge >= 0.3 is 0 Å². The van der Waals surface area contributed by atoms with Crippen LogP contribution in [0.25, 0.3) is 5.52 Å². The zero-order valence-corrected chi connectivity index (χ0v) is 15.8. The van der Waals surface area contributed by atoms with Gasteiger partial charge in [-0.1, -0.05) is 36.4 Å². The summed E-state index contributed by atoms with van der Waals surface area (Å²) in [6, 6.07) is 16.5. The highest BCUT2D eigenvalue weighted by Crippen LogP contribution is 2.21. The van der Waals surface area contributed by atoms with Crippen molar-refractivity contribution in [1.82, 2.24) is 19.4 Å². The molecule has 2 aromatic heterocycles. The standard InChI is InChI=1S/C22H26N4O/c1-24-14-11-19(12-15-24)25(16-10-18-7-3-2-4-8-18)22(27)20-17-23-26-13-6-5-9-21(20)26/h2-9,13,17,19H,10-12,14-16H2,1H3. The predicted molar refractivity (Wildman–Crippen MR) is 107 cm³/mol. The second-order valence-electron chi connectivity index (χ2n) is 7.36. The van der Waals surface area contributed by atoms with Crippen molar-refractivity contribution in [3.8, 4) is 0 Å². The van der Waals surface area contributed by atoms with Crippen LogP contribution in [0.1, 0.15) is 28.8 Å². The molecule has 1 aliphatic heterocycles. The summed E-state index contributed by atoms with van der Waals surface area (Å²) in [5, 5.41) is 4.36. The van der Waals surface area contributed by atoms with Crippen LogP contribution in [-0.2, 0) is 6.42 Å². The molecule has 0 atom stereocenters. The topological polar surface area (TPSA) is 40.8 Å².